The van der Waals surface area contributed by atoms with Gasteiger partial charge < -0.3 is 5.73 Å². The molecule has 0 aliphatic heterocycles. The van der Waals surface area contributed by atoms with Gasteiger partial charge in [0, 0.05) is 12.1 Å². The lowest BCUT2D eigenvalue weighted by Crippen LogP contribution is -2.26. The van der Waals surface area contributed by atoms with E-state index in [0.717, 1.165) is 5.70 Å². The number of halogens is 2. The van der Waals surface area contributed by atoms with E-state index in [4.69, 9.17) is 5.73 Å². The largest absolute Gasteiger partial charge is 0.401 e. The average Bonchev–Trinajstić information content (AvgIpc) is 1.78. The maximum atomic E-state index is 12.6. The third kappa shape index (κ3) is 1.51. The number of alkyl halides is 1. The molecule has 0 amide bonds. The van der Waals surface area contributed by atoms with Crippen molar-refractivity contribution in [2.45, 2.75) is 16.8 Å². The van der Waals surface area contributed by atoms with Gasteiger partial charge in [-0.3, -0.25) is 0 Å². The molecule has 0 saturated heterocycles. The fraction of sp³-hybridized carbons (Fsp3) is 0.429. The topological polar surface area (TPSA) is 26.0 Å². The van der Waals surface area contributed by atoms with Crippen LogP contribution in [0.4, 0.5) is 4.39 Å². The first-order valence-electron chi connectivity index (χ1n) is 3.03. The quantitative estimate of drug-likeness (QED) is 0.520. The number of nitrogens with two attached hydrogens (primary N) is 1. The molecular weight excluding hydrogens is 244 g/mol. The molecule has 0 aromatic rings. The van der Waals surface area contributed by atoms with Gasteiger partial charge in [0.25, 0.3) is 0 Å². The first-order valence-corrected chi connectivity index (χ1v) is 4.11. The summed E-state index contributed by atoms with van der Waals surface area (Å²) in [5.74, 6) is -0.0916. The highest BCUT2D eigenvalue weighted by molar-refractivity contribution is 14.1. The summed E-state index contributed by atoms with van der Waals surface area (Å²) in [6, 6.07) is 0. The highest BCUT2D eigenvalue weighted by Crippen LogP contribution is 2.34. The van der Waals surface area contributed by atoms with Crippen LogP contribution in [-0.2, 0) is 0 Å². The molecule has 1 nitrogen and oxygen atoms in total. The van der Waals surface area contributed by atoms with Gasteiger partial charge in [0.2, 0.25) is 0 Å². The minimum atomic E-state index is -0.226. The van der Waals surface area contributed by atoms with Crippen molar-refractivity contribution < 1.29 is 4.39 Å². The van der Waals surface area contributed by atoms with Gasteiger partial charge in [-0.05, 0) is 19.1 Å². The van der Waals surface area contributed by atoms with Crippen LogP contribution in [-0.4, -0.2) is 3.42 Å². The molecule has 3 heteroatoms. The fourth-order valence-corrected chi connectivity index (χ4v) is 1.38. The summed E-state index contributed by atoms with van der Waals surface area (Å²) < 4.78 is 12.4. The molecule has 0 radical (unpaired) electrons. The van der Waals surface area contributed by atoms with E-state index in [0.29, 0.717) is 6.42 Å². The second-order valence-corrected chi connectivity index (χ2v) is 4.99. The van der Waals surface area contributed by atoms with Crippen LogP contribution in [0.2, 0.25) is 0 Å². The number of rotatable bonds is 0. The lowest BCUT2D eigenvalue weighted by atomic mass is 9.99. The molecule has 2 N–H and O–H groups in total. The summed E-state index contributed by atoms with van der Waals surface area (Å²) >= 11 is 2.16. The molecule has 0 saturated carbocycles. The number of hydrogen-bond acceptors (Lipinski definition) is 1. The summed E-state index contributed by atoms with van der Waals surface area (Å²) in [6.45, 7) is 1.92. The number of allylic oxidation sites excluding steroid dienone is 4. The minimum absolute atomic E-state index is 0.0916. The van der Waals surface area contributed by atoms with Crippen LogP contribution in [0.5, 0.6) is 0 Å². The lowest BCUT2D eigenvalue weighted by molar-refractivity contribution is 0.551. The maximum Gasteiger partial charge on any atom is 0.102 e. The molecule has 56 valence electrons. The molecular formula is C7H9FIN. The van der Waals surface area contributed by atoms with Crippen LogP contribution in [0, 0.1) is 0 Å². The van der Waals surface area contributed by atoms with E-state index in [1.807, 2.05) is 6.92 Å². The van der Waals surface area contributed by atoms with Crippen molar-refractivity contribution in [3.05, 3.63) is 23.7 Å². The van der Waals surface area contributed by atoms with Gasteiger partial charge >= 0.3 is 0 Å². The van der Waals surface area contributed by atoms with E-state index in [-0.39, 0.29) is 9.25 Å². The molecule has 10 heavy (non-hydrogen) atoms. The van der Waals surface area contributed by atoms with E-state index >= 15 is 0 Å². The van der Waals surface area contributed by atoms with E-state index in [1.165, 1.54) is 6.08 Å². The van der Waals surface area contributed by atoms with Gasteiger partial charge in [-0.2, -0.15) is 0 Å². The predicted molar refractivity (Wildman–Crippen MR) is 48.5 cm³/mol. The predicted octanol–water partition coefficient (Wildman–Crippen LogP) is 2.28. The fourth-order valence-electron chi connectivity index (χ4n) is 0.832. The summed E-state index contributed by atoms with van der Waals surface area (Å²) in [5.41, 5.74) is 6.36. The normalized spacial score (nSPS) is 33.1. The zero-order chi connectivity index (χ0) is 7.78. The van der Waals surface area contributed by atoms with Crippen LogP contribution in [0.1, 0.15) is 13.3 Å². The Morgan fingerprint density at radius 2 is 2.30 bits per heavy atom. The van der Waals surface area contributed by atoms with E-state index in [2.05, 4.69) is 22.6 Å². The van der Waals surface area contributed by atoms with Gasteiger partial charge in [-0.25, -0.2) is 4.39 Å². The van der Waals surface area contributed by atoms with E-state index < -0.39 is 0 Å². The highest BCUT2D eigenvalue weighted by Gasteiger charge is 2.27. The molecule has 0 spiro atoms. The highest BCUT2D eigenvalue weighted by atomic mass is 127. The van der Waals surface area contributed by atoms with Crippen molar-refractivity contribution in [2.24, 2.45) is 5.73 Å². The maximum absolute atomic E-state index is 12.6. The Morgan fingerprint density at radius 1 is 1.70 bits per heavy atom. The van der Waals surface area contributed by atoms with Gasteiger partial charge in [0.05, 0.1) is 3.42 Å². The first-order chi connectivity index (χ1) is 4.52. The van der Waals surface area contributed by atoms with Crippen LogP contribution >= 0.6 is 22.6 Å². The molecule has 1 atom stereocenters. The Hall–Kier alpha value is -0.0600. The van der Waals surface area contributed by atoms with Crippen molar-refractivity contribution in [1.82, 2.24) is 0 Å². The van der Waals surface area contributed by atoms with Crippen LogP contribution < -0.4 is 5.73 Å². The van der Waals surface area contributed by atoms with Crippen LogP contribution in [0.15, 0.2) is 23.7 Å². The van der Waals surface area contributed by atoms with Crippen LogP contribution in [0.3, 0.4) is 0 Å². The Kier molecular flexibility index (Phi) is 2.03. The van der Waals surface area contributed by atoms with E-state index in [1.54, 1.807) is 6.08 Å². The first kappa shape index (κ1) is 8.04. The SMILES string of the molecule is CC1(I)CC(F)=CC=C1N. The van der Waals surface area contributed by atoms with Gasteiger partial charge in [-0.1, -0.05) is 22.6 Å². The molecule has 1 rings (SSSR count). The molecule has 0 aromatic heterocycles. The van der Waals surface area contributed by atoms with Crippen molar-refractivity contribution >= 4 is 22.6 Å². The second-order valence-electron chi connectivity index (χ2n) is 2.61. The lowest BCUT2D eigenvalue weighted by Gasteiger charge is -2.24. The summed E-state index contributed by atoms with van der Waals surface area (Å²) in [7, 11) is 0. The molecule has 0 fully saturated rings. The molecule has 1 aliphatic carbocycles. The van der Waals surface area contributed by atoms with Crippen molar-refractivity contribution in [1.29, 1.82) is 0 Å². The van der Waals surface area contributed by atoms with Gasteiger partial charge in [0.15, 0.2) is 0 Å². The molecule has 1 unspecified atom stereocenters. The van der Waals surface area contributed by atoms with Crippen molar-refractivity contribution in [3.8, 4) is 0 Å². The summed E-state index contributed by atoms with van der Waals surface area (Å²) in [6.07, 6.45) is 3.47. The van der Waals surface area contributed by atoms with E-state index in [9.17, 15) is 4.39 Å². The molecule has 0 aromatic carbocycles. The Balaban J connectivity index is 2.89. The Labute approximate surface area is 73.3 Å². The van der Waals surface area contributed by atoms with Gasteiger partial charge in [-0.15, -0.1) is 0 Å². The minimum Gasteiger partial charge on any atom is -0.401 e. The van der Waals surface area contributed by atoms with Crippen molar-refractivity contribution in [3.63, 3.8) is 0 Å². The van der Waals surface area contributed by atoms with Crippen LogP contribution in [0.25, 0.3) is 0 Å². The third-order valence-corrected chi connectivity index (χ3v) is 2.55. The summed E-state index contributed by atoms with van der Waals surface area (Å²) in [5, 5.41) is 0. The third-order valence-electron chi connectivity index (χ3n) is 1.55. The monoisotopic (exact) mass is 253 g/mol. The number of hydrogen-bond donors (Lipinski definition) is 1. The standard InChI is InChI=1S/C7H9FIN/c1-7(9)4-5(8)2-3-6(7)10/h2-3H,4,10H2,1H3. The Bertz CT molecular complexity index is 206. The zero-order valence-electron chi connectivity index (χ0n) is 5.70. The Morgan fingerprint density at radius 3 is 2.70 bits per heavy atom. The molecule has 0 bridgehead atoms. The second kappa shape index (κ2) is 2.53. The molecule has 1 aliphatic rings. The smallest absolute Gasteiger partial charge is 0.102 e. The van der Waals surface area contributed by atoms with Crippen molar-refractivity contribution in [2.75, 3.05) is 0 Å². The van der Waals surface area contributed by atoms with Gasteiger partial charge in [0.1, 0.15) is 5.83 Å². The zero-order valence-corrected chi connectivity index (χ0v) is 7.85. The summed E-state index contributed by atoms with van der Waals surface area (Å²) in [4.78, 5) is 0. The average molecular weight is 253 g/mol. The molecule has 0 heterocycles.